The lowest BCUT2D eigenvalue weighted by Crippen LogP contribution is -2.64. The maximum atomic E-state index is 11.8. The Labute approximate surface area is 163 Å². The number of benzene rings is 1. The highest BCUT2D eigenvalue weighted by Crippen LogP contribution is 2.37. The highest BCUT2D eigenvalue weighted by molar-refractivity contribution is 7.86. The normalized spacial score (nSPS) is 34.0. The van der Waals surface area contributed by atoms with Crippen molar-refractivity contribution in [2.75, 3.05) is 26.2 Å². The largest absolute Gasteiger partial charge is 0.353 e. The molecule has 0 radical (unpaired) electrons. The average Bonchev–Trinajstić information content (AvgIpc) is 2.61. The van der Waals surface area contributed by atoms with Crippen molar-refractivity contribution < 1.29 is 44.1 Å². The van der Waals surface area contributed by atoms with Gasteiger partial charge in [0, 0.05) is 12.7 Å². The van der Waals surface area contributed by atoms with Gasteiger partial charge in [0.1, 0.15) is 18.3 Å². The van der Waals surface area contributed by atoms with Crippen LogP contribution < -0.4 is 0 Å². The molecule has 0 aliphatic carbocycles. The second-order valence-corrected chi connectivity index (χ2v) is 9.69. The molecule has 12 heteroatoms. The minimum Gasteiger partial charge on any atom is -0.353 e. The van der Waals surface area contributed by atoms with Gasteiger partial charge in [-0.3, -0.25) is 8.37 Å². The van der Waals surface area contributed by atoms with Gasteiger partial charge in [-0.2, -0.15) is 16.8 Å². The lowest BCUT2D eigenvalue weighted by molar-refractivity contribution is -0.351. The molecule has 10 nitrogen and oxygen atoms in total. The number of hydrogen-bond acceptors (Lipinski definition) is 10. The third-order valence-electron chi connectivity index (χ3n) is 4.16. The Morgan fingerprint density at radius 1 is 0.929 bits per heavy atom. The van der Waals surface area contributed by atoms with E-state index in [2.05, 4.69) is 0 Å². The fourth-order valence-corrected chi connectivity index (χ4v) is 4.36. The molecule has 2 aliphatic heterocycles. The molecule has 1 aromatic carbocycles. The lowest BCUT2D eigenvalue weighted by Gasteiger charge is -2.47. The van der Waals surface area contributed by atoms with Crippen LogP contribution in [0.4, 0.5) is 0 Å². The van der Waals surface area contributed by atoms with Gasteiger partial charge in [0.2, 0.25) is 0 Å². The summed E-state index contributed by atoms with van der Waals surface area (Å²) in [7, 11) is -6.69. The van der Waals surface area contributed by atoms with Gasteiger partial charge in [-0.25, -0.2) is 0 Å². The molecular weight excluding hydrogens is 416 g/mol. The summed E-state index contributed by atoms with van der Waals surface area (Å²) in [5.74, 6) is 0. The predicted octanol–water partition coefficient (Wildman–Crippen LogP) is 0.162. The van der Waals surface area contributed by atoms with Gasteiger partial charge in [0.05, 0.1) is 19.1 Å². The maximum absolute atomic E-state index is 11.8. The van der Waals surface area contributed by atoms with E-state index < -0.39 is 57.2 Å². The van der Waals surface area contributed by atoms with Crippen molar-refractivity contribution >= 4 is 20.2 Å². The van der Waals surface area contributed by atoms with Gasteiger partial charge >= 0.3 is 0 Å². The van der Waals surface area contributed by atoms with E-state index >= 15 is 0 Å². The quantitative estimate of drug-likeness (QED) is 0.567. The molecule has 0 unspecified atom stereocenters. The zero-order valence-corrected chi connectivity index (χ0v) is 17.1. The number of methoxy groups -OCH3 is 1. The number of rotatable bonds is 6. The summed E-state index contributed by atoms with van der Waals surface area (Å²) in [6, 6.07) is 8.99. The summed E-state index contributed by atoms with van der Waals surface area (Å²) in [4.78, 5) is 0. The summed E-state index contributed by atoms with van der Waals surface area (Å²) >= 11 is 0. The smallest absolute Gasteiger partial charge is 0.264 e. The molecule has 6 atom stereocenters. The fraction of sp³-hybridized carbons (Fsp3) is 0.625. The van der Waals surface area contributed by atoms with Crippen molar-refractivity contribution in [3.05, 3.63) is 35.9 Å². The van der Waals surface area contributed by atoms with Crippen LogP contribution in [-0.2, 0) is 47.5 Å². The first-order valence-electron chi connectivity index (χ1n) is 8.34. The summed E-state index contributed by atoms with van der Waals surface area (Å²) in [5.41, 5.74) is 0.702. The van der Waals surface area contributed by atoms with Crippen LogP contribution in [-0.4, -0.2) is 73.8 Å². The Bertz CT molecular complexity index is 870. The Morgan fingerprint density at radius 3 is 2.11 bits per heavy atom. The Hall–Kier alpha value is -1.12. The van der Waals surface area contributed by atoms with Crippen LogP contribution in [0.1, 0.15) is 11.9 Å². The van der Waals surface area contributed by atoms with Crippen molar-refractivity contribution in [3.8, 4) is 0 Å². The predicted molar refractivity (Wildman–Crippen MR) is 95.1 cm³/mol. The van der Waals surface area contributed by atoms with E-state index in [1.54, 1.807) is 24.3 Å². The summed E-state index contributed by atoms with van der Waals surface area (Å²) in [5, 5.41) is 0. The SMILES string of the molecule is CO[C@@H]1O[C@H]2CO[C@H](c3ccccc3)O[C@@H]2[C@@H](OS(C)(=O)=O)[C@H]1OS(C)(=O)=O. The third-order valence-corrected chi connectivity index (χ3v) is 5.30. The molecule has 1 aromatic rings. The monoisotopic (exact) mass is 438 g/mol. The van der Waals surface area contributed by atoms with Crippen LogP contribution in [0.15, 0.2) is 30.3 Å². The van der Waals surface area contributed by atoms with Crippen molar-refractivity contribution in [1.82, 2.24) is 0 Å². The summed E-state index contributed by atoms with van der Waals surface area (Å²) in [6.45, 7) is 0.0549. The molecule has 0 saturated carbocycles. The third kappa shape index (κ3) is 5.27. The van der Waals surface area contributed by atoms with Gasteiger partial charge in [-0.15, -0.1) is 0 Å². The van der Waals surface area contributed by atoms with Crippen LogP contribution in [0.25, 0.3) is 0 Å². The standard InChI is InChI=1S/C16H22O10S2/c1-21-16-14(26-28(3,19)20)13(25-27(2,17)18)12-11(23-16)9-22-15(24-12)10-7-5-4-6-8-10/h4-8,11-16H,9H2,1-3H3/t11-,12-,13+,14+,15-,16+/m0/s1. The van der Waals surface area contributed by atoms with E-state index in [1.165, 1.54) is 7.11 Å². The lowest BCUT2D eigenvalue weighted by atomic mass is 9.98. The number of hydrogen-bond donors (Lipinski definition) is 0. The molecule has 2 aliphatic rings. The Balaban J connectivity index is 1.93. The van der Waals surface area contributed by atoms with E-state index in [4.69, 9.17) is 27.3 Å². The fourth-order valence-electron chi connectivity index (χ4n) is 3.13. The molecule has 28 heavy (non-hydrogen) atoms. The zero-order chi connectivity index (χ0) is 20.5. The van der Waals surface area contributed by atoms with Gasteiger partial charge in [0.25, 0.3) is 20.2 Å². The van der Waals surface area contributed by atoms with E-state index in [0.717, 1.165) is 12.5 Å². The Kier molecular flexibility index (Phi) is 6.41. The summed E-state index contributed by atoms with van der Waals surface area (Å²) < 4.78 is 79.7. The first-order chi connectivity index (χ1) is 13.1. The molecule has 3 rings (SSSR count). The number of ether oxygens (including phenoxy) is 4. The zero-order valence-electron chi connectivity index (χ0n) is 15.5. The average molecular weight is 438 g/mol. The Morgan fingerprint density at radius 2 is 1.54 bits per heavy atom. The minimum atomic E-state index is -3.98. The van der Waals surface area contributed by atoms with Crippen LogP contribution in [0.3, 0.4) is 0 Å². The molecule has 2 heterocycles. The molecule has 0 spiro atoms. The van der Waals surface area contributed by atoms with Gasteiger partial charge in [-0.05, 0) is 0 Å². The molecule has 0 N–H and O–H groups in total. The van der Waals surface area contributed by atoms with Crippen molar-refractivity contribution in [3.63, 3.8) is 0 Å². The molecule has 158 valence electrons. The minimum absolute atomic E-state index is 0.0549. The second kappa shape index (κ2) is 8.32. The molecule has 0 amide bonds. The molecule has 2 fully saturated rings. The van der Waals surface area contributed by atoms with Gasteiger partial charge in [-0.1, -0.05) is 30.3 Å². The van der Waals surface area contributed by atoms with Gasteiger partial charge < -0.3 is 18.9 Å². The highest BCUT2D eigenvalue weighted by Gasteiger charge is 2.54. The van der Waals surface area contributed by atoms with Crippen molar-refractivity contribution in [1.29, 1.82) is 0 Å². The highest BCUT2D eigenvalue weighted by atomic mass is 32.2. The first kappa shape index (κ1) is 21.6. The molecule has 2 saturated heterocycles. The van der Waals surface area contributed by atoms with Crippen molar-refractivity contribution in [2.45, 2.75) is 37.0 Å². The van der Waals surface area contributed by atoms with E-state index in [1.807, 2.05) is 6.07 Å². The maximum Gasteiger partial charge on any atom is 0.264 e. The first-order valence-corrected chi connectivity index (χ1v) is 12.0. The molecule has 0 bridgehead atoms. The second-order valence-electron chi connectivity index (χ2n) is 6.49. The van der Waals surface area contributed by atoms with Crippen LogP contribution in [0.5, 0.6) is 0 Å². The molecular formula is C16H22O10S2. The van der Waals surface area contributed by atoms with E-state index in [9.17, 15) is 16.8 Å². The summed E-state index contributed by atoms with van der Waals surface area (Å²) in [6.07, 6.45) is -4.79. The topological polar surface area (TPSA) is 124 Å². The van der Waals surface area contributed by atoms with Gasteiger partial charge in [0.15, 0.2) is 18.7 Å². The van der Waals surface area contributed by atoms with E-state index in [-0.39, 0.29) is 6.61 Å². The molecule has 0 aromatic heterocycles. The van der Waals surface area contributed by atoms with Crippen LogP contribution in [0, 0.1) is 0 Å². The van der Waals surface area contributed by atoms with E-state index in [0.29, 0.717) is 5.56 Å². The van der Waals surface area contributed by atoms with Crippen LogP contribution in [0.2, 0.25) is 0 Å². The van der Waals surface area contributed by atoms with Crippen molar-refractivity contribution in [2.24, 2.45) is 0 Å². The van der Waals surface area contributed by atoms with Crippen LogP contribution >= 0.6 is 0 Å². The number of fused-ring (bicyclic) bond motifs is 1.